The Kier molecular flexibility index (Phi) is 5.06. The first-order valence-corrected chi connectivity index (χ1v) is 8.04. The second kappa shape index (κ2) is 7.59. The Morgan fingerprint density at radius 1 is 1.12 bits per heavy atom. The number of carbonyl (C=O) groups is 1. The number of aromatic nitrogens is 6. The van der Waals surface area contributed by atoms with E-state index in [0.717, 1.165) is 18.3 Å². The maximum absolute atomic E-state index is 12.0. The van der Waals surface area contributed by atoms with Gasteiger partial charge in [-0.25, -0.2) is 0 Å². The van der Waals surface area contributed by atoms with Crippen molar-refractivity contribution >= 4 is 17.3 Å². The van der Waals surface area contributed by atoms with E-state index in [1.807, 2.05) is 17.8 Å². The molecule has 0 aliphatic heterocycles. The van der Waals surface area contributed by atoms with Crippen molar-refractivity contribution in [1.82, 2.24) is 29.3 Å². The first kappa shape index (κ1) is 17.3. The van der Waals surface area contributed by atoms with Gasteiger partial charge in [-0.2, -0.15) is 15.3 Å². The van der Waals surface area contributed by atoms with Gasteiger partial charge in [-0.3, -0.25) is 29.0 Å². The monoisotopic (exact) mass is 358 g/mol. The summed E-state index contributed by atoms with van der Waals surface area (Å²) in [6.07, 6.45) is 9.63. The maximum atomic E-state index is 12.0. The van der Waals surface area contributed by atoms with E-state index in [1.165, 1.54) is 10.9 Å². The minimum Gasteiger partial charge on any atom is -0.323 e. The molecule has 1 N–H and O–H groups in total. The third-order valence-corrected chi connectivity index (χ3v) is 3.67. The van der Waals surface area contributed by atoms with Crippen molar-refractivity contribution in [1.29, 1.82) is 0 Å². The van der Waals surface area contributed by atoms with Gasteiger partial charge in [-0.1, -0.05) is 0 Å². The van der Waals surface area contributed by atoms with Crippen LogP contribution in [0.5, 0.6) is 0 Å². The van der Waals surface area contributed by atoms with Crippen LogP contribution < -0.4 is 5.32 Å². The Bertz CT molecular complexity index is 910. The molecule has 0 aromatic carbocycles. The molecular formula is C15H18N8O3. The Hall–Kier alpha value is -3.50. The summed E-state index contributed by atoms with van der Waals surface area (Å²) in [7, 11) is 0. The fourth-order valence-corrected chi connectivity index (χ4v) is 2.37. The molecule has 0 aliphatic rings. The summed E-state index contributed by atoms with van der Waals surface area (Å²) in [5.41, 5.74) is 1.51. The number of hydrogen-bond donors (Lipinski definition) is 1. The normalized spacial score (nSPS) is 10.8. The van der Waals surface area contributed by atoms with E-state index in [1.54, 1.807) is 23.3 Å². The molecule has 11 heteroatoms. The van der Waals surface area contributed by atoms with Crippen LogP contribution in [0.3, 0.4) is 0 Å². The highest BCUT2D eigenvalue weighted by molar-refractivity contribution is 5.90. The van der Waals surface area contributed by atoms with Crippen LogP contribution in [-0.4, -0.2) is 40.2 Å². The predicted molar refractivity (Wildman–Crippen MR) is 91.4 cm³/mol. The SMILES string of the molecule is CCn1cc(Cn2cc(NC(=O)CCn3cc([N+](=O)[O-])cn3)cn2)cn1. The molecule has 0 atom stereocenters. The van der Waals surface area contributed by atoms with Crippen molar-refractivity contribution in [3.63, 3.8) is 0 Å². The number of anilines is 1. The third kappa shape index (κ3) is 4.32. The van der Waals surface area contributed by atoms with E-state index < -0.39 is 4.92 Å². The largest absolute Gasteiger partial charge is 0.323 e. The quantitative estimate of drug-likeness (QED) is 0.477. The molecule has 1 amide bonds. The zero-order chi connectivity index (χ0) is 18.5. The molecule has 0 radical (unpaired) electrons. The molecule has 3 aromatic heterocycles. The van der Waals surface area contributed by atoms with Crippen LogP contribution in [0, 0.1) is 10.1 Å². The van der Waals surface area contributed by atoms with Crippen LogP contribution in [0.4, 0.5) is 11.4 Å². The van der Waals surface area contributed by atoms with Gasteiger partial charge in [0.05, 0.1) is 29.5 Å². The average molecular weight is 358 g/mol. The third-order valence-electron chi connectivity index (χ3n) is 3.67. The van der Waals surface area contributed by atoms with E-state index in [-0.39, 0.29) is 24.6 Å². The number of hydrogen-bond acceptors (Lipinski definition) is 6. The van der Waals surface area contributed by atoms with Crippen LogP contribution in [0.25, 0.3) is 0 Å². The number of nitrogens with zero attached hydrogens (tertiary/aromatic N) is 7. The number of rotatable bonds is 8. The summed E-state index contributed by atoms with van der Waals surface area (Å²) in [6.45, 7) is 3.64. The molecule has 0 fully saturated rings. The molecule has 0 bridgehead atoms. The molecular weight excluding hydrogens is 340 g/mol. The van der Waals surface area contributed by atoms with Crippen molar-refractivity contribution in [2.75, 3.05) is 5.32 Å². The predicted octanol–water partition coefficient (Wildman–Crippen LogP) is 1.28. The highest BCUT2D eigenvalue weighted by Crippen LogP contribution is 2.10. The van der Waals surface area contributed by atoms with E-state index in [2.05, 4.69) is 20.6 Å². The summed E-state index contributed by atoms with van der Waals surface area (Å²) in [4.78, 5) is 22.1. The zero-order valence-corrected chi connectivity index (χ0v) is 14.1. The summed E-state index contributed by atoms with van der Waals surface area (Å²) < 4.78 is 4.91. The molecule has 26 heavy (non-hydrogen) atoms. The van der Waals surface area contributed by atoms with E-state index in [4.69, 9.17) is 0 Å². The number of nitro groups is 1. The van der Waals surface area contributed by atoms with Gasteiger partial charge in [0.1, 0.15) is 12.4 Å². The molecule has 11 nitrogen and oxygen atoms in total. The zero-order valence-electron chi connectivity index (χ0n) is 14.1. The van der Waals surface area contributed by atoms with Gasteiger partial charge in [0.2, 0.25) is 5.91 Å². The molecule has 0 spiro atoms. The van der Waals surface area contributed by atoms with Crippen LogP contribution >= 0.6 is 0 Å². The summed E-state index contributed by atoms with van der Waals surface area (Å²) >= 11 is 0. The molecule has 3 aromatic rings. The van der Waals surface area contributed by atoms with Crippen molar-refractivity contribution in [2.24, 2.45) is 0 Å². The second-order valence-corrected chi connectivity index (χ2v) is 5.65. The molecule has 3 heterocycles. The first-order valence-electron chi connectivity index (χ1n) is 8.04. The van der Waals surface area contributed by atoms with Crippen LogP contribution in [0.15, 0.2) is 37.2 Å². The summed E-state index contributed by atoms with van der Waals surface area (Å²) in [6, 6.07) is 0. The van der Waals surface area contributed by atoms with Crippen LogP contribution in [0.2, 0.25) is 0 Å². The topological polar surface area (TPSA) is 126 Å². The summed E-state index contributed by atoms with van der Waals surface area (Å²) in [5.74, 6) is -0.221. The lowest BCUT2D eigenvalue weighted by molar-refractivity contribution is -0.385. The molecule has 0 unspecified atom stereocenters. The highest BCUT2D eigenvalue weighted by Gasteiger charge is 2.10. The standard InChI is InChI=1S/C15H18N8O3/c1-2-20-8-12(5-16-20)9-22-10-13(6-17-22)19-15(24)3-4-21-11-14(7-18-21)23(25)26/h5-8,10-11H,2-4,9H2,1H3,(H,19,24). The minimum atomic E-state index is -0.526. The lowest BCUT2D eigenvalue weighted by atomic mass is 10.3. The lowest BCUT2D eigenvalue weighted by Crippen LogP contribution is -2.14. The van der Waals surface area contributed by atoms with Crippen molar-refractivity contribution in [3.05, 3.63) is 52.9 Å². The number of aryl methyl sites for hydroxylation is 2. The molecule has 0 saturated carbocycles. The van der Waals surface area contributed by atoms with Crippen molar-refractivity contribution in [3.8, 4) is 0 Å². The number of carbonyl (C=O) groups excluding carboxylic acids is 1. The van der Waals surface area contributed by atoms with Crippen LogP contribution in [0.1, 0.15) is 18.9 Å². The molecule has 0 aliphatic carbocycles. The fraction of sp³-hybridized carbons (Fsp3) is 0.333. The Labute approximate surface area is 148 Å². The van der Waals surface area contributed by atoms with Crippen molar-refractivity contribution in [2.45, 2.75) is 33.0 Å². The van der Waals surface area contributed by atoms with E-state index >= 15 is 0 Å². The van der Waals surface area contributed by atoms with Gasteiger partial charge >= 0.3 is 5.69 Å². The maximum Gasteiger partial charge on any atom is 0.306 e. The Morgan fingerprint density at radius 3 is 2.58 bits per heavy atom. The van der Waals surface area contributed by atoms with E-state index in [0.29, 0.717) is 12.2 Å². The lowest BCUT2D eigenvalue weighted by Gasteiger charge is -2.02. The Balaban J connectivity index is 1.49. The molecule has 3 rings (SSSR count). The van der Waals surface area contributed by atoms with Gasteiger partial charge in [0.15, 0.2) is 0 Å². The second-order valence-electron chi connectivity index (χ2n) is 5.65. The van der Waals surface area contributed by atoms with Gasteiger partial charge in [0, 0.05) is 37.5 Å². The highest BCUT2D eigenvalue weighted by atomic mass is 16.6. The fourth-order valence-electron chi connectivity index (χ4n) is 2.37. The summed E-state index contributed by atoms with van der Waals surface area (Å²) in [5, 5.41) is 25.6. The Morgan fingerprint density at radius 2 is 1.88 bits per heavy atom. The van der Waals surface area contributed by atoms with E-state index in [9.17, 15) is 14.9 Å². The van der Waals surface area contributed by atoms with Gasteiger partial charge in [0.25, 0.3) is 0 Å². The molecule has 136 valence electrons. The van der Waals surface area contributed by atoms with Gasteiger partial charge in [-0.05, 0) is 6.92 Å². The van der Waals surface area contributed by atoms with Gasteiger partial charge in [-0.15, -0.1) is 0 Å². The molecule has 0 saturated heterocycles. The average Bonchev–Trinajstić information content (AvgIpc) is 3.34. The van der Waals surface area contributed by atoms with Crippen LogP contribution in [-0.2, 0) is 24.4 Å². The first-order chi connectivity index (χ1) is 12.5. The minimum absolute atomic E-state index is 0.0990. The number of nitrogens with one attached hydrogen (secondary N) is 1. The smallest absolute Gasteiger partial charge is 0.306 e. The van der Waals surface area contributed by atoms with Crippen molar-refractivity contribution < 1.29 is 9.72 Å². The van der Waals surface area contributed by atoms with Gasteiger partial charge < -0.3 is 5.32 Å². The number of amides is 1.